The van der Waals surface area contributed by atoms with Gasteiger partial charge in [0.05, 0.1) is 23.3 Å². The van der Waals surface area contributed by atoms with Crippen LogP contribution in [0.15, 0.2) is 58.1 Å². The van der Waals surface area contributed by atoms with E-state index in [9.17, 15) is 9.59 Å². The number of aryl methyl sites for hydroxylation is 2. The summed E-state index contributed by atoms with van der Waals surface area (Å²) in [7, 11) is 0. The Morgan fingerprint density at radius 2 is 2.04 bits per heavy atom. The van der Waals surface area contributed by atoms with E-state index in [4.69, 9.17) is 0 Å². The summed E-state index contributed by atoms with van der Waals surface area (Å²) in [5.74, 6) is -0.103. The molecule has 0 spiro atoms. The van der Waals surface area contributed by atoms with Crippen LogP contribution in [0.3, 0.4) is 0 Å². The fourth-order valence-electron chi connectivity index (χ4n) is 2.89. The molecule has 6 heteroatoms. The Morgan fingerprint density at radius 3 is 2.81 bits per heavy atom. The van der Waals surface area contributed by atoms with E-state index in [2.05, 4.69) is 26.2 Å². The Kier molecular flexibility index (Phi) is 5.52. The number of para-hydroxylation sites is 1. The van der Waals surface area contributed by atoms with Gasteiger partial charge in [0.25, 0.3) is 5.56 Å². The minimum absolute atomic E-state index is 0.103. The number of rotatable bonds is 5. The standard InChI is InChI=1S/C20H20BrN3O2/c1-13-5-3-8-17-19(13)22-12-24(20(17)26)10-9-18(25)23-14(2)15-6-4-7-16(21)11-15/h3-8,11-12,14H,9-10H2,1-2H3,(H,23,25)/t14-/m0/s1. The summed E-state index contributed by atoms with van der Waals surface area (Å²) in [4.78, 5) is 29.2. The van der Waals surface area contributed by atoms with E-state index in [0.717, 1.165) is 15.6 Å². The second-order valence-electron chi connectivity index (χ2n) is 6.31. The van der Waals surface area contributed by atoms with Gasteiger partial charge in [0.15, 0.2) is 0 Å². The van der Waals surface area contributed by atoms with E-state index < -0.39 is 0 Å². The maximum Gasteiger partial charge on any atom is 0.261 e. The van der Waals surface area contributed by atoms with Crippen LogP contribution in [0.4, 0.5) is 0 Å². The van der Waals surface area contributed by atoms with Crippen molar-refractivity contribution < 1.29 is 4.79 Å². The molecule has 0 aliphatic heterocycles. The fourth-order valence-corrected chi connectivity index (χ4v) is 3.31. The minimum atomic E-state index is -0.119. The molecule has 0 bridgehead atoms. The van der Waals surface area contributed by atoms with Crippen molar-refractivity contribution in [1.29, 1.82) is 0 Å². The van der Waals surface area contributed by atoms with Crippen LogP contribution in [-0.4, -0.2) is 15.5 Å². The lowest BCUT2D eigenvalue weighted by Gasteiger charge is -2.15. The first-order valence-electron chi connectivity index (χ1n) is 8.45. The number of hydrogen-bond acceptors (Lipinski definition) is 3. The van der Waals surface area contributed by atoms with E-state index >= 15 is 0 Å². The Balaban J connectivity index is 1.67. The lowest BCUT2D eigenvalue weighted by molar-refractivity contribution is -0.121. The Morgan fingerprint density at radius 1 is 1.27 bits per heavy atom. The fraction of sp³-hybridized carbons (Fsp3) is 0.250. The second kappa shape index (κ2) is 7.83. The van der Waals surface area contributed by atoms with Crippen molar-refractivity contribution in [2.45, 2.75) is 32.9 Å². The summed E-state index contributed by atoms with van der Waals surface area (Å²) < 4.78 is 2.46. The number of carbonyl (C=O) groups is 1. The van der Waals surface area contributed by atoms with Crippen LogP contribution >= 0.6 is 15.9 Å². The van der Waals surface area contributed by atoms with Gasteiger partial charge in [-0.25, -0.2) is 4.98 Å². The zero-order valence-electron chi connectivity index (χ0n) is 14.7. The summed E-state index contributed by atoms with van der Waals surface area (Å²) in [6.07, 6.45) is 1.74. The van der Waals surface area contributed by atoms with Crippen molar-refractivity contribution in [3.63, 3.8) is 0 Å². The molecule has 2 aromatic carbocycles. The maximum atomic E-state index is 12.6. The zero-order chi connectivity index (χ0) is 18.7. The molecule has 1 atom stereocenters. The van der Waals surface area contributed by atoms with Crippen LogP contribution < -0.4 is 10.9 Å². The summed E-state index contributed by atoms with van der Waals surface area (Å²) in [6.45, 7) is 4.16. The van der Waals surface area contributed by atoms with Gasteiger partial charge in [0.1, 0.15) is 0 Å². The van der Waals surface area contributed by atoms with Crippen molar-refractivity contribution in [2.75, 3.05) is 0 Å². The van der Waals surface area contributed by atoms with E-state index in [-0.39, 0.29) is 23.9 Å². The Bertz CT molecular complexity index is 1010. The van der Waals surface area contributed by atoms with Crippen molar-refractivity contribution in [3.8, 4) is 0 Å². The van der Waals surface area contributed by atoms with Gasteiger partial charge in [0.2, 0.25) is 5.91 Å². The third-order valence-corrected chi connectivity index (χ3v) is 4.85. The summed E-state index contributed by atoms with van der Waals surface area (Å²) in [5, 5.41) is 3.54. The average Bonchev–Trinajstić information content (AvgIpc) is 2.62. The molecular formula is C20H20BrN3O2. The molecule has 1 amide bonds. The lowest BCUT2D eigenvalue weighted by Crippen LogP contribution is -2.29. The molecule has 26 heavy (non-hydrogen) atoms. The Labute approximate surface area is 160 Å². The van der Waals surface area contributed by atoms with Gasteiger partial charge in [-0.2, -0.15) is 0 Å². The molecular weight excluding hydrogens is 394 g/mol. The summed E-state index contributed by atoms with van der Waals surface area (Å²) in [5.41, 5.74) is 2.58. The third kappa shape index (κ3) is 4.02. The van der Waals surface area contributed by atoms with Crippen LogP contribution in [0.5, 0.6) is 0 Å². The largest absolute Gasteiger partial charge is 0.350 e. The van der Waals surface area contributed by atoms with Gasteiger partial charge in [0, 0.05) is 17.4 Å². The van der Waals surface area contributed by atoms with Gasteiger partial charge >= 0.3 is 0 Å². The molecule has 0 aliphatic carbocycles. The average molecular weight is 414 g/mol. The lowest BCUT2D eigenvalue weighted by atomic mass is 10.1. The molecule has 1 N–H and O–H groups in total. The van der Waals surface area contributed by atoms with E-state index in [1.54, 1.807) is 6.07 Å². The van der Waals surface area contributed by atoms with Crippen molar-refractivity contribution >= 4 is 32.7 Å². The maximum absolute atomic E-state index is 12.6. The monoisotopic (exact) mass is 413 g/mol. The molecule has 1 aromatic heterocycles. The Hall–Kier alpha value is -2.47. The molecule has 5 nitrogen and oxygen atoms in total. The first kappa shape index (κ1) is 18.3. The number of nitrogens with zero attached hydrogens (tertiary/aromatic N) is 2. The van der Waals surface area contributed by atoms with Crippen molar-refractivity contribution in [1.82, 2.24) is 14.9 Å². The smallest absolute Gasteiger partial charge is 0.261 e. The highest BCUT2D eigenvalue weighted by molar-refractivity contribution is 9.10. The highest BCUT2D eigenvalue weighted by Gasteiger charge is 2.11. The molecule has 0 radical (unpaired) electrons. The second-order valence-corrected chi connectivity index (χ2v) is 7.22. The predicted molar refractivity (Wildman–Crippen MR) is 106 cm³/mol. The van der Waals surface area contributed by atoms with E-state index in [1.165, 1.54) is 10.9 Å². The number of benzene rings is 2. The number of carbonyl (C=O) groups excluding carboxylic acids is 1. The minimum Gasteiger partial charge on any atom is -0.350 e. The zero-order valence-corrected chi connectivity index (χ0v) is 16.3. The summed E-state index contributed by atoms with van der Waals surface area (Å²) >= 11 is 3.43. The first-order chi connectivity index (χ1) is 12.5. The van der Waals surface area contributed by atoms with Gasteiger partial charge in [-0.15, -0.1) is 0 Å². The third-order valence-electron chi connectivity index (χ3n) is 4.36. The van der Waals surface area contributed by atoms with Crippen LogP contribution in [0, 0.1) is 6.92 Å². The molecule has 0 fully saturated rings. The number of aromatic nitrogens is 2. The normalized spacial score (nSPS) is 12.1. The van der Waals surface area contributed by atoms with Crippen LogP contribution in [0.25, 0.3) is 10.9 Å². The van der Waals surface area contributed by atoms with Gasteiger partial charge in [-0.1, -0.05) is 40.2 Å². The van der Waals surface area contributed by atoms with Crippen LogP contribution in [0.2, 0.25) is 0 Å². The molecule has 0 saturated carbocycles. The van der Waals surface area contributed by atoms with Crippen LogP contribution in [0.1, 0.15) is 30.5 Å². The summed E-state index contributed by atoms with van der Waals surface area (Å²) in [6, 6.07) is 13.3. The quantitative estimate of drug-likeness (QED) is 0.692. The number of hydrogen-bond donors (Lipinski definition) is 1. The number of amides is 1. The topological polar surface area (TPSA) is 64.0 Å². The van der Waals surface area contributed by atoms with Crippen molar-refractivity contribution in [3.05, 3.63) is 74.7 Å². The molecule has 134 valence electrons. The van der Waals surface area contributed by atoms with E-state index in [1.807, 2.05) is 50.2 Å². The number of halogens is 1. The van der Waals surface area contributed by atoms with Crippen molar-refractivity contribution in [2.24, 2.45) is 0 Å². The molecule has 3 aromatic rings. The highest BCUT2D eigenvalue weighted by atomic mass is 79.9. The van der Waals surface area contributed by atoms with Gasteiger partial charge in [-0.05, 0) is 43.2 Å². The SMILES string of the molecule is Cc1cccc2c(=O)n(CCC(=O)N[C@@H](C)c3cccc(Br)c3)cnc12. The number of nitrogens with one attached hydrogen (secondary N) is 1. The van der Waals surface area contributed by atoms with Crippen LogP contribution in [-0.2, 0) is 11.3 Å². The molecule has 0 unspecified atom stereocenters. The van der Waals surface area contributed by atoms with Gasteiger partial charge in [-0.3, -0.25) is 14.2 Å². The predicted octanol–water partition coefficient (Wildman–Crippen LogP) is 3.73. The first-order valence-corrected chi connectivity index (χ1v) is 9.24. The molecule has 3 rings (SSSR count). The highest BCUT2D eigenvalue weighted by Crippen LogP contribution is 2.18. The van der Waals surface area contributed by atoms with E-state index in [0.29, 0.717) is 17.4 Å². The molecule has 0 aliphatic rings. The molecule has 1 heterocycles. The number of fused-ring (bicyclic) bond motifs is 1. The van der Waals surface area contributed by atoms with Gasteiger partial charge < -0.3 is 5.32 Å². The molecule has 0 saturated heterocycles.